The standard InChI is InChI=1S/C4H6O6.3C2H6N2.Co/c5-1(3(7)8)2(6)4(9)10;3*3-1-2-4;/h1-2,5-6H,(H,7,8)(H,9,10);3*3-4H,1-2H2;/q;3*-2;+3. The molecule has 142 valence electrons. The van der Waals surface area contributed by atoms with Crippen molar-refractivity contribution in [2.24, 2.45) is 0 Å². The first-order valence-electron chi connectivity index (χ1n) is 5.90. The smallest absolute Gasteiger partial charge is 0.679 e. The molecule has 0 fully saturated rings. The number of carboxylic acid groups (broad SMARTS) is 2. The Balaban J connectivity index is -0.0000000700. The van der Waals surface area contributed by atoms with E-state index >= 15 is 0 Å². The van der Waals surface area contributed by atoms with Gasteiger partial charge in [-0.15, -0.1) is 0 Å². The predicted octanol–water partition coefficient (Wildman–Crippen LogP) is 1.15. The number of aliphatic hydroxyl groups is 2. The molecule has 0 aliphatic carbocycles. The van der Waals surface area contributed by atoms with Gasteiger partial charge >= 0.3 is 28.7 Å². The number of aliphatic hydroxyl groups excluding tert-OH is 2. The van der Waals surface area contributed by atoms with Crippen LogP contribution in [0.15, 0.2) is 0 Å². The van der Waals surface area contributed by atoms with Crippen molar-refractivity contribution in [3.8, 4) is 0 Å². The van der Waals surface area contributed by atoms with Crippen LogP contribution in [0.5, 0.6) is 0 Å². The van der Waals surface area contributed by atoms with Gasteiger partial charge in [0.05, 0.1) is 0 Å². The summed E-state index contributed by atoms with van der Waals surface area (Å²) in [6.45, 7) is 1.42. The fraction of sp³-hybridized carbons (Fsp3) is 0.800. The maximum absolute atomic E-state index is 9.77. The molecule has 0 aliphatic heterocycles. The third-order valence-electron chi connectivity index (χ3n) is 1.18. The van der Waals surface area contributed by atoms with Crippen LogP contribution in [0.1, 0.15) is 0 Å². The second-order valence-corrected chi connectivity index (χ2v) is 3.07. The number of carboxylic acids is 2. The fourth-order valence-corrected chi connectivity index (χ4v) is 0.270. The van der Waals surface area contributed by atoms with Crippen molar-refractivity contribution in [2.45, 2.75) is 12.2 Å². The van der Waals surface area contributed by atoms with Crippen molar-refractivity contribution in [2.75, 3.05) is 39.3 Å². The second kappa shape index (κ2) is 29.2. The van der Waals surface area contributed by atoms with Gasteiger partial charge in [0.1, 0.15) is 0 Å². The first-order valence-corrected chi connectivity index (χ1v) is 5.90. The van der Waals surface area contributed by atoms with Crippen molar-refractivity contribution in [1.29, 1.82) is 0 Å². The topological polar surface area (TPSA) is 258 Å². The summed E-state index contributed by atoms with van der Waals surface area (Å²) in [6.07, 6.45) is -4.53. The Morgan fingerprint density at radius 3 is 0.783 bits per heavy atom. The van der Waals surface area contributed by atoms with Gasteiger partial charge in [-0.3, -0.25) is 0 Å². The van der Waals surface area contributed by atoms with Crippen LogP contribution in [0, 0.1) is 0 Å². The number of rotatable bonds is 6. The van der Waals surface area contributed by atoms with E-state index in [9.17, 15) is 9.59 Å². The van der Waals surface area contributed by atoms with Crippen molar-refractivity contribution >= 4 is 11.9 Å². The summed E-state index contributed by atoms with van der Waals surface area (Å²) in [5.74, 6) is -3.54. The molecule has 2 unspecified atom stereocenters. The number of hydrogen-bond donors (Lipinski definition) is 4. The Bertz CT molecular complexity index is 218. The van der Waals surface area contributed by atoms with Crippen molar-refractivity contribution in [1.82, 2.24) is 0 Å². The monoisotopic (exact) mass is 383 g/mol. The van der Waals surface area contributed by atoms with Crippen molar-refractivity contribution in [3.05, 3.63) is 34.4 Å². The first kappa shape index (κ1) is 33.7. The Labute approximate surface area is 145 Å². The van der Waals surface area contributed by atoms with Crippen LogP contribution in [0.25, 0.3) is 34.4 Å². The van der Waals surface area contributed by atoms with Gasteiger partial charge in [-0.1, -0.05) is 0 Å². The van der Waals surface area contributed by atoms with E-state index in [1.165, 1.54) is 0 Å². The number of carbonyl (C=O) groups is 2. The van der Waals surface area contributed by atoms with Gasteiger partial charge in [-0.25, -0.2) is 9.59 Å². The summed E-state index contributed by atoms with van der Waals surface area (Å²) in [5, 5.41) is 32.5. The molecule has 12 nitrogen and oxygen atoms in total. The van der Waals surface area contributed by atoms with Gasteiger partial charge in [0.25, 0.3) is 0 Å². The molecule has 0 saturated carbocycles. The SMILES string of the molecule is O=C(O)C(O)C(O)C(=O)O.[Co+3].[NH-]CC[NH-].[NH-]CC[NH-].[NH-]CC[NH-]. The summed E-state index contributed by atoms with van der Waals surface area (Å²) in [6, 6.07) is 0. The average Bonchev–Trinajstić information content (AvgIpc) is 2.53. The van der Waals surface area contributed by atoms with E-state index in [4.69, 9.17) is 54.8 Å². The predicted molar refractivity (Wildman–Crippen MR) is 82.4 cm³/mol. The van der Waals surface area contributed by atoms with E-state index in [1.807, 2.05) is 0 Å². The molecule has 10 N–H and O–H groups in total. The Morgan fingerprint density at radius 1 is 0.609 bits per heavy atom. The molecule has 0 aromatic heterocycles. The number of hydrogen-bond acceptors (Lipinski definition) is 4. The minimum Gasteiger partial charge on any atom is -0.679 e. The molecule has 0 radical (unpaired) electrons. The third-order valence-corrected chi connectivity index (χ3v) is 1.18. The van der Waals surface area contributed by atoms with E-state index in [0.717, 1.165) is 0 Å². The van der Waals surface area contributed by atoms with Crippen LogP contribution in [-0.2, 0) is 26.4 Å². The van der Waals surface area contributed by atoms with Crippen LogP contribution >= 0.6 is 0 Å². The Kier molecular flexibility index (Phi) is 42.7. The maximum Gasteiger partial charge on any atom is 3.00 e. The van der Waals surface area contributed by atoms with Gasteiger partial charge in [0.15, 0.2) is 12.2 Å². The van der Waals surface area contributed by atoms with Gasteiger partial charge in [0.2, 0.25) is 0 Å². The Morgan fingerprint density at radius 2 is 0.739 bits per heavy atom. The minimum atomic E-state index is -2.27. The Hall–Kier alpha value is -0.874. The second-order valence-electron chi connectivity index (χ2n) is 3.07. The zero-order chi connectivity index (χ0) is 18.6. The normalized spacial score (nSPS) is 10.8. The van der Waals surface area contributed by atoms with E-state index in [-0.39, 0.29) is 56.0 Å². The zero-order valence-corrected chi connectivity index (χ0v) is 13.4. The van der Waals surface area contributed by atoms with Crippen molar-refractivity contribution in [3.63, 3.8) is 0 Å². The summed E-state index contributed by atoms with van der Waals surface area (Å²) in [7, 11) is 0. The quantitative estimate of drug-likeness (QED) is 0.522. The van der Waals surface area contributed by atoms with Crippen molar-refractivity contribution < 1.29 is 46.8 Å². The van der Waals surface area contributed by atoms with Gasteiger partial charge < -0.3 is 54.8 Å². The molecule has 0 rings (SSSR count). The summed E-state index contributed by atoms with van der Waals surface area (Å²) >= 11 is 0. The molecule has 23 heavy (non-hydrogen) atoms. The third kappa shape index (κ3) is 38.7. The molecule has 0 saturated heterocycles. The van der Waals surface area contributed by atoms with Crippen LogP contribution in [-0.4, -0.2) is 83.8 Å². The maximum atomic E-state index is 9.77. The minimum absolute atomic E-state index is 0. The first-order chi connectivity index (χ1) is 10.2. The summed E-state index contributed by atoms with van der Waals surface area (Å²) in [4.78, 5) is 19.5. The van der Waals surface area contributed by atoms with Crippen LogP contribution in [0.3, 0.4) is 0 Å². The fourth-order valence-electron chi connectivity index (χ4n) is 0.270. The molecule has 0 bridgehead atoms. The molecule has 2 atom stereocenters. The summed E-state index contributed by atoms with van der Waals surface area (Å²) < 4.78 is 0. The number of aliphatic carboxylic acids is 2. The molecule has 0 amide bonds. The van der Waals surface area contributed by atoms with Gasteiger partial charge in [-0.05, 0) is 0 Å². The number of nitrogens with one attached hydrogen (secondary N) is 6. The molecule has 0 aromatic carbocycles. The van der Waals surface area contributed by atoms with Gasteiger partial charge in [-0.2, -0.15) is 39.3 Å². The molecular weight excluding hydrogens is 359 g/mol. The average molecular weight is 383 g/mol. The molecule has 0 aliphatic rings. The van der Waals surface area contributed by atoms with E-state index in [1.54, 1.807) is 0 Å². The van der Waals surface area contributed by atoms with Crippen LogP contribution in [0.2, 0.25) is 0 Å². The molecule has 13 heteroatoms. The van der Waals surface area contributed by atoms with E-state index in [2.05, 4.69) is 0 Å². The van der Waals surface area contributed by atoms with Gasteiger partial charge in [0, 0.05) is 0 Å². The van der Waals surface area contributed by atoms with Crippen LogP contribution in [0.4, 0.5) is 0 Å². The zero-order valence-electron chi connectivity index (χ0n) is 12.3. The van der Waals surface area contributed by atoms with E-state index < -0.39 is 24.1 Å². The molecule has 0 heterocycles. The molecular formula is C10H24CoN6O6-3. The summed E-state index contributed by atoms with van der Waals surface area (Å²) in [5.41, 5.74) is 37.6. The van der Waals surface area contributed by atoms with E-state index in [0.29, 0.717) is 0 Å². The van der Waals surface area contributed by atoms with Crippen LogP contribution < -0.4 is 0 Å². The molecule has 0 aromatic rings. The largest absolute Gasteiger partial charge is 3.00 e. The molecule has 0 spiro atoms.